The van der Waals surface area contributed by atoms with Gasteiger partial charge in [-0.3, -0.25) is 4.40 Å². The largest absolute Gasteiger partial charge is 0.497 e. The van der Waals surface area contributed by atoms with Crippen molar-refractivity contribution in [3.63, 3.8) is 0 Å². The molecule has 0 saturated heterocycles. The smallest absolute Gasteiger partial charge is 0.408 e. The summed E-state index contributed by atoms with van der Waals surface area (Å²) in [6.07, 6.45) is 6.61. The van der Waals surface area contributed by atoms with Crippen LogP contribution in [0.2, 0.25) is 0 Å². The number of aromatic nitrogens is 3. The van der Waals surface area contributed by atoms with Gasteiger partial charge in [0, 0.05) is 36.1 Å². The number of amides is 1. The van der Waals surface area contributed by atoms with Crippen molar-refractivity contribution in [3.05, 3.63) is 77.9 Å². The fourth-order valence-electron chi connectivity index (χ4n) is 5.14. The fraction of sp³-hybridized carbons (Fsp3) is 0.333. The Bertz CT molecular complexity index is 1700. The van der Waals surface area contributed by atoms with Crippen LogP contribution in [0, 0.1) is 0 Å². The zero-order valence-electron chi connectivity index (χ0n) is 25.8. The molecule has 0 fully saturated rings. The third kappa shape index (κ3) is 6.61. The number of hydrogen-bond acceptors (Lipinski definition) is 9. The standard InChI is InChI=1S/C33H37N5O6/c1-33(2,3)44-32(40)36-24-13-11-22(17-24)30-37-27(20-7-9-21(10-8-20)31(39)43-6)28-29(34-15-16-38(28)30)35-19-23-12-14-25(41-4)18-26(23)42-5/h7-10,12,14-18,24H,11,13,19H2,1-6H3,(H,34,35)(H,36,40). The highest BCUT2D eigenvalue weighted by molar-refractivity contribution is 5.92. The molecule has 4 aromatic rings. The molecule has 2 N–H and O–H groups in total. The number of anilines is 1. The summed E-state index contributed by atoms with van der Waals surface area (Å²) < 4.78 is 23.3. The SMILES string of the molecule is COC(=O)c1ccc(-c2nc(C3=CC(NC(=O)OC(C)(C)C)CC3)n3ccnc(NCc4ccc(OC)cc4OC)c23)cc1. The number of benzene rings is 2. The number of fused-ring (bicyclic) bond motifs is 1. The van der Waals surface area contributed by atoms with Gasteiger partial charge >= 0.3 is 12.1 Å². The van der Waals surface area contributed by atoms with Crippen LogP contribution < -0.4 is 20.1 Å². The Kier molecular flexibility index (Phi) is 8.75. The first-order valence-corrected chi connectivity index (χ1v) is 14.3. The zero-order chi connectivity index (χ0) is 31.4. The number of nitrogens with zero attached hydrogens (tertiary/aromatic N) is 3. The van der Waals surface area contributed by atoms with Gasteiger partial charge in [0.25, 0.3) is 0 Å². The molecule has 1 amide bonds. The second kappa shape index (κ2) is 12.7. The van der Waals surface area contributed by atoms with Gasteiger partial charge in [-0.05, 0) is 63.5 Å². The Morgan fingerprint density at radius 2 is 1.82 bits per heavy atom. The van der Waals surface area contributed by atoms with Gasteiger partial charge in [0.15, 0.2) is 5.82 Å². The highest BCUT2D eigenvalue weighted by Gasteiger charge is 2.26. The van der Waals surface area contributed by atoms with E-state index in [0.717, 1.165) is 34.5 Å². The molecule has 11 nitrogen and oxygen atoms in total. The van der Waals surface area contributed by atoms with Crippen LogP contribution in [0.3, 0.4) is 0 Å². The number of hydrogen-bond donors (Lipinski definition) is 2. The molecule has 2 aromatic carbocycles. The predicted molar refractivity (Wildman–Crippen MR) is 167 cm³/mol. The maximum absolute atomic E-state index is 12.4. The summed E-state index contributed by atoms with van der Waals surface area (Å²) in [5, 5.41) is 6.41. The van der Waals surface area contributed by atoms with E-state index in [-0.39, 0.29) is 6.04 Å². The van der Waals surface area contributed by atoms with Crippen LogP contribution in [0.1, 0.15) is 55.4 Å². The lowest BCUT2D eigenvalue weighted by Gasteiger charge is -2.21. The van der Waals surface area contributed by atoms with Crippen molar-refractivity contribution in [1.29, 1.82) is 0 Å². The van der Waals surface area contributed by atoms with Crippen molar-refractivity contribution in [2.24, 2.45) is 0 Å². The first-order valence-electron chi connectivity index (χ1n) is 14.3. The van der Waals surface area contributed by atoms with E-state index in [2.05, 4.69) is 15.6 Å². The third-order valence-corrected chi connectivity index (χ3v) is 7.19. The summed E-state index contributed by atoms with van der Waals surface area (Å²) in [4.78, 5) is 34.3. The van der Waals surface area contributed by atoms with E-state index in [1.807, 2.05) is 67.8 Å². The first kappa shape index (κ1) is 30.4. The Balaban J connectivity index is 1.53. The van der Waals surface area contributed by atoms with Crippen LogP contribution in [0.25, 0.3) is 22.3 Å². The Morgan fingerprint density at radius 3 is 2.50 bits per heavy atom. The van der Waals surface area contributed by atoms with Crippen molar-refractivity contribution < 1.29 is 28.5 Å². The van der Waals surface area contributed by atoms with E-state index >= 15 is 0 Å². The minimum Gasteiger partial charge on any atom is -0.497 e. The number of rotatable bonds is 9. The van der Waals surface area contributed by atoms with Crippen molar-refractivity contribution in [2.45, 2.75) is 51.8 Å². The molecule has 2 heterocycles. The van der Waals surface area contributed by atoms with E-state index < -0.39 is 17.7 Å². The number of nitrogens with one attached hydrogen (secondary N) is 2. The summed E-state index contributed by atoms with van der Waals surface area (Å²) in [6, 6.07) is 12.6. The topological polar surface area (TPSA) is 125 Å². The number of esters is 1. The molecule has 0 radical (unpaired) electrons. The molecular weight excluding hydrogens is 562 g/mol. The number of allylic oxidation sites excluding steroid dienone is 1. The Labute approximate surface area is 256 Å². The van der Waals surface area contributed by atoms with E-state index in [4.69, 9.17) is 23.9 Å². The maximum atomic E-state index is 12.4. The lowest BCUT2D eigenvalue weighted by Crippen LogP contribution is -2.37. The van der Waals surface area contributed by atoms with E-state index in [1.165, 1.54) is 7.11 Å². The molecule has 1 aliphatic rings. The van der Waals surface area contributed by atoms with Gasteiger partial charge in [-0.15, -0.1) is 0 Å². The van der Waals surface area contributed by atoms with Gasteiger partial charge in [0.1, 0.15) is 34.1 Å². The van der Waals surface area contributed by atoms with Gasteiger partial charge in [-0.25, -0.2) is 19.6 Å². The monoisotopic (exact) mass is 599 g/mol. The lowest BCUT2D eigenvalue weighted by molar-refractivity contribution is 0.0513. The number of carbonyl (C=O) groups is 2. The van der Waals surface area contributed by atoms with Gasteiger partial charge in [-0.2, -0.15) is 0 Å². The first-order chi connectivity index (χ1) is 21.1. The molecule has 11 heteroatoms. The molecule has 0 spiro atoms. The number of alkyl carbamates (subject to hydrolysis) is 1. The summed E-state index contributed by atoms with van der Waals surface area (Å²) >= 11 is 0. The number of ether oxygens (including phenoxy) is 4. The molecule has 0 saturated carbocycles. The van der Waals surface area contributed by atoms with E-state index in [1.54, 1.807) is 32.5 Å². The van der Waals surface area contributed by atoms with E-state index in [9.17, 15) is 9.59 Å². The summed E-state index contributed by atoms with van der Waals surface area (Å²) in [5.41, 5.74) is 4.05. The minimum atomic E-state index is -0.584. The van der Waals surface area contributed by atoms with Gasteiger partial charge < -0.3 is 29.6 Å². The van der Waals surface area contributed by atoms with Gasteiger partial charge in [0.05, 0.1) is 32.9 Å². The molecular formula is C33H37N5O6. The maximum Gasteiger partial charge on any atom is 0.408 e. The van der Waals surface area contributed by atoms with Crippen LogP contribution in [-0.4, -0.2) is 59.4 Å². The Morgan fingerprint density at radius 1 is 1.05 bits per heavy atom. The average Bonchev–Trinajstić information content (AvgIpc) is 3.63. The van der Waals surface area contributed by atoms with Crippen LogP contribution in [0.5, 0.6) is 11.5 Å². The quantitative estimate of drug-likeness (QED) is 0.227. The van der Waals surface area contributed by atoms with Gasteiger partial charge in [-0.1, -0.05) is 18.2 Å². The summed E-state index contributed by atoms with van der Waals surface area (Å²) in [7, 11) is 4.59. The predicted octanol–water partition coefficient (Wildman–Crippen LogP) is 5.88. The molecule has 2 aromatic heterocycles. The summed E-state index contributed by atoms with van der Waals surface area (Å²) in [5.74, 6) is 2.35. The van der Waals surface area contributed by atoms with Crippen molar-refractivity contribution >= 4 is 29.0 Å². The van der Waals surface area contributed by atoms with Crippen LogP contribution in [-0.2, 0) is 16.0 Å². The second-order valence-corrected chi connectivity index (χ2v) is 11.4. The third-order valence-electron chi connectivity index (χ3n) is 7.19. The second-order valence-electron chi connectivity index (χ2n) is 11.4. The molecule has 1 atom stereocenters. The van der Waals surface area contributed by atoms with Crippen molar-refractivity contribution in [2.75, 3.05) is 26.6 Å². The van der Waals surface area contributed by atoms with Crippen LogP contribution >= 0.6 is 0 Å². The van der Waals surface area contributed by atoms with Crippen molar-refractivity contribution in [1.82, 2.24) is 19.7 Å². The molecule has 0 aliphatic heterocycles. The normalized spacial score (nSPS) is 14.6. The molecule has 0 bridgehead atoms. The Hall–Kier alpha value is -5.06. The van der Waals surface area contributed by atoms with Gasteiger partial charge in [0.2, 0.25) is 0 Å². The van der Waals surface area contributed by atoms with Crippen LogP contribution in [0.4, 0.5) is 10.6 Å². The zero-order valence-corrected chi connectivity index (χ0v) is 25.8. The lowest BCUT2D eigenvalue weighted by atomic mass is 10.1. The van der Waals surface area contributed by atoms with E-state index in [0.29, 0.717) is 41.5 Å². The number of methoxy groups -OCH3 is 3. The minimum absolute atomic E-state index is 0.183. The van der Waals surface area contributed by atoms with Crippen molar-refractivity contribution in [3.8, 4) is 22.8 Å². The average molecular weight is 600 g/mol. The van der Waals surface area contributed by atoms with Crippen LogP contribution in [0.15, 0.2) is 60.9 Å². The fourth-order valence-corrected chi connectivity index (χ4v) is 5.14. The molecule has 1 aliphatic carbocycles. The number of carbonyl (C=O) groups excluding carboxylic acids is 2. The highest BCUT2D eigenvalue weighted by atomic mass is 16.6. The molecule has 1 unspecified atom stereocenters. The molecule has 44 heavy (non-hydrogen) atoms. The molecule has 5 rings (SSSR count). The highest BCUT2D eigenvalue weighted by Crippen LogP contribution is 2.36. The summed E-state index contributed by atoms with van der Waals surface area (Å²) in [6.45, 7) is 5.94. The molecule has 230 valence electrons. The number of imidazole rings is 1.